The Labute approximate surface area is 175 Å². The molecule has 1 aliphatic rings. The molecule has 1 heterocycles. The van der Waals surface area contributed by atoms with Crippen molar-refractivity contribution in [3.63, 3.8) is 0 Å². The summed E-state index contributed by atoms with van der Waals surface area (Å²) in [6.07, 6.45) is 0.739. The minimum absolute atomic E-state index is 0.0384. The zero-order chi connectivity index (χ0) is 21.4. The summed E-state index contributed by atoms with van der Waals surface area (Å²) < 4.78 is 22.9. The number of benzene rings is 3. The third-order valence-electron chi connectivity index (χ3n) is 5.45. The maximum Gasteiger partial charge on any atom is 0.256 e. The molecule has 3 aromatic carbocycles. The molecule has 6 nitrogen and oxygen atoms in total. The summed E-state index contributed by atoms with van der Waals surface area (Å²) in [6.45, 7) is 0.283. The zero-order valence-electron chi connectivity index (χ0n) is 16.2. The molecule has 7 heteroatoms. The fraction of sp³-hybridized carbons (Fsp3) is 0.174. The Morgan fingerprint density at radius 3 is 2.17 bits per heavy atom. The van der Waals surface area contributed by atoms with Crippen molar-refractivity contribution in [3.8, 4) is 0 Å². The molecular formula is C23H22N2O4S. The summed E-state index contributed by atoms with van der Waals surface area (Å²) in [5, 5.41) is 16.8. The van der Waals surface area contributed by atoms with Crippen LogP contribution in [0.5, 0.6) is 0 Å². The van der Waals surface area contributed by atoms with Gasteiger partial charge in [0, 0.05) is 24.1 Å². The molecule has 1 amide bonds. The lowest BCUT2D eigenvalue weighted by molar-refractivity contribution is -0.0831. The minimum Gasteiger partial charge on any atom is -0.366 e. The van der Waals surface area contributed by atoms with E-state index in [1.54, 1.807) is 30.3 Å². The summed E-state index contributed by atoms with van der Waals surface area (Å²) in [5.41, 5.74) is 1.42. The van der Waals surface area contributed by atoms with Crippen LogP contribution in [0.25, 0.3) is 0 Å². The first-order valence-electron chi connectivity index (χ1n) is 9.58. The minimum atomic E-state index is -3.75. The number of hydrogen-bond acceptors (Lipinski definition) is 4. The Hall–Kier alpha value is -3.00. The third-order valence-corrected chi connectivity index (χ3v) is 6.38. The number of aliphatic hydroxyl groups is 1. The molecule has 30 heavy (non-hydrogen) atoms. The van der Waals surface area contributed by atoms with Gasteiger partial charge in [0.1, 0.15) is 0 Å². The number of amides is 1. The second-order valence-electron chi connectivity index (χ2n) is 7.42. The van der Waals surface area contributed by atoms with E-state index < -0.39 is 15.7 Å². The maximum absolute atomic E-state index is 13.1. The Bertz CT molecular complexity index is 1180. The third kappa shape index (κ3) is 3.75. The summed E-state index contributed by atoms with van der Waals surface area (Å²) >= 11 is 0. The van der Waals surface area contributed by atoms with E-state index in [4.69, 9.17) is 5.14 Å². The second-order valence-corrected chi connectivity index (χ2v) is 8.98. The monoisotopic (exact) mass is 422 g/mol. The lowest BCUT2D eigenvalue weighted by atomic mass is 9.94. The van der Waals surface area contributed by atoms with Crippen LogP contribution < -0.4 is 5.14 Å². The van der Waals surface area contributed by atoms with Crippen LogP contribution in [0.3, 0.4) is 0 Å². The molecule has 0 radical (unpaired) electrons. The number of nitrogens with two attached hydrogens (primary N) is 1. The molecule has 0 aliphatic carbocycles. The second kappa shape index (κ2) is 7.68. The van der Waals surface area contributed by atoms with E-state index in [0.717, 1.165) is 11.1 Å². The van der Waals surface area contributed by atoms with E-state index in [9.17, 15) is 18.3 Å². The van der Waals surface area contributed by atoms with Gasteiger partial charge in [-0.25, -0.2) is 13.6 Å². The Balaban J connectivity index is 1.61. The highest BCUT2D eigenvalue weighted by atomic mass is 32.2. The van der Waals surface area contributed by atoms with Gasteiger partial charge in [-0.1, -0.05) is 60.7 Å². The fourth-order valence-electron chi connectivity index (χ4n) is 3.92. The molecule has 4 rings (SSSR count). The van der Waals surface area contributed by atoms with Crippen LogP contribution in [0, 0.1) is 0 Å². The predicted molar refractivity (Wildman–Crippen MR) is 113 cm³/mol. The number of carbonyl (C=O) groups is 1. The molecule has 0 bridgehead atoms. The van der Waals surface area contributed by atoms with Crippen molar-refractivity contribution in [2.24, 2.45) is 5.14 Å². The van der Waals surface area contributed by atoms with Gasteiger partial charge in [0.25, 0.3) is 5.91 Å². The lowest BCUT2D eigenvalue weighted by Gasteiger charge is -2.34. The van der Waals surface area contributed by atoms with E-state index in [1.807, 2.05) is 36.4 Å². The highest BCUT2D eigenvalue weighted by Crippen LogP contribution is 2.39. The van der Waals surface area contributed by atoms with Crippen LogP contribution in [0.15, 0.2) is 83.8 Å². The number of carbonyl (C=O) groups excluding carboxylic acids is 1. The SMILES string of the molecule is NS(=O)(=O)c1ccc(CCN2C(=O)c3ccccc3C2(O)Cc2ccccc2)cc1. The molecular weight excluding hydrogens is 400 g/mol. The summed E-state index contributed by atoms with van der Waals surface area (Å²) in [5.74, 6) is -0.217. The van der Waals surface area contributed by atoms with Crippen molar-refractivity contribution in [3.05, 3.63) is 101 Å². The highest BCUT2D eigenvalue weighted by molar-refractivity contribution is 7.89. The van der Waals surface area contributed by atoms with Gasteiger partial charge in [0.05, 0.1) is 4.90 Å². The molecule has 0 spiro atoms. The van der Waals surface area contributed by atoms with Crippen LogP contribution in [0.4, 0.5) is 0 Å². The van der Waals surface area contributed by atoms with Gasteiger partial charge >= 0.3 is 0 Å². The predicted octanol–water partition coefficient (Wildman–Crippen LogP) is 2.42. The van der Waals surface area contributed by atoms with Crippen molar-refractivity contribution in [2.45, 2.75) is 23.5 Å². The van der Waals surface area contributed by atoms with Gasteiger partial charge in [-0.05, 0) is 35.7 Å². The number of nitrogens with zero attached hydrogens (tertiary/aromatic N) is 1. The summed E-state index contributed by atoms with van der Waals surface area (Å²) in [4.78, 5) is 14.6. The van der Waals surface area contributed by atoms with Gasteiger partial charge in [0.15, 0.2) is 5.72 Å². The van der Waals surface area contributed by atoms with Crippen molar-refractivity contribution < 1.29 is 18.3 Å². The van der Waals surface area contributed by atoms with Gasteiger partial charge in [-0.3, -0.25) is 4.79 Å². The van der Waals surface area contributed by atoms with Crippen LogP contribution in [0.2, 0.25) is 0 Å². The van der Waals surface area contributed by atoms with Crippen LogP contribution in [-0.4, -0.2) is 30.9 Å². The molecule has 3 N–H and O–H groups in total. The number of sulfonamides is 1. The topological polar surface area (TPSA) is 101 Å². The molecule has 3 aromatic rings. The fourth-order valence-corrected chi connectivity index (χ4v) is 4.44. The van der Waals surface area contributed by atoms with Crippen molar-refractivity contribution in [1.29, 1.82) is 0 Å². The van der Waals surface area contributed by atoms with Gasteiger partial charge in [-0.15, -0.1) is 0 Å². The first-order valence-corrected chi connectivity index (χ1v) is 11.1. The maximum atomic E-state index is 13.1. The number of rotatable bonds is 6. The van der Waals surface area contributed by atoms with Crippen LogP contribution in [0.1, 0.15) is 27.0 Å². The van der Waals surface area contributed by atoms with Crippen molar-refractivity contribution in [2.75, 3.05) is 6.54 Å². The summed E-state index contributed by atoms with van der Waals surface area (Å²) in [6, 6.07) is 22.9. The average molecular weight is 423 g/mol. The summed E-state index contributed by atoms with van der Waals surface area (Å²) in [7, 11) is -3.75. The molecule has 1 unspecified atom stereocenters. The van der Waals surface area contributed by atoms with Gasteiger partial charge < -0.3 is 10.0 Å². The molecule has 0 aromatic heterocycles. The van der Waals surface area contributed by atoms with Crippen LogP contribution in [-0.2, 0) is 28.6 Å². The Morgan fingerprint density at radius 1 is 0.867 bits per heavy atom. The Morgan fingerprint density at radius 2 is 1.50 bits per heavy atom. The van der Waals surface area contributed by atoms with Gasteiger partial charge in [-0.2, -0.15) is 0 Å². The highest BCUT2D eigenvalue weighted by Gasteiger charge is 2.47. The number of fused-ring (bicyclic) bond motifs is 1. The van der Waals surface area contributed by atoms with E-state index >= 15 is 0 Å². The first-order chi connectivity index (χ1) is 14.3. The molecule has 1 atom stereocenters. The van der Waals surface area contributed by atoms with E-state index in [1.165, 1.54) is 17.0 Å². The molecule has 154 valence electrons. The number of primary sulfonamides is 1. The average Bonchev–Trinajstić information content (AvgIpc) is 2.94. The normalized spacial score (nSPS) is 18.5. The molecule has 0 fully saturated rings. The smallest absolute Gasteiger partial charge is 0.256 e. The number of hydrogen-bond donors (Lipinski definition) is 2. The van der Waals surface area contributed by atoms with E-state index in [0.29, 0.717) is 17.5 Å². The largest absolute Gasteiger partial charge is 0.366 e. The molecule has 1 aliphatic heterocycles. The first kappa shape index (κ1) is 20.3. The Kier molecular flexibility index (Phi) is 5.19. The van der Waals surface area contributed by atoms with Crippen molar-refractivity contribution >= 4 is 15.9 Å². The van der Waals surface area contributed by atoms with E-state index in [2.05, 4.69) is 0 Å². The van der Waals surface area contributed by atoms with Crippen molar-refractivity contribution in [1.82, 2.24) is 4.90 Å². The van der Waals surface area contributed by atoms with Crippen LogP contribution >= 0.6 is 0 Å². The molecule has 0 saturated carbocycles. The lowest BCUT2D eigenvalue weighted by Crippen LogP contribution is -2.46. The standard InChI is InChI=1S/C23H22N2O4S/c24-30(28,29)19-12-10-17(11-13-19)14-15-25-22(26)20-8-4-5-9-21(20)23(25,27)16-18-6-2-1-3-7-18/h1-13,27H,14-16H2,(H2,24,28,29). The van der Waals surface area contributed by atoms with E-state index in [-0.39, 0.29) is 23.8 Å². The van der Waals surface area contributed by atoms with Gasteiger partial charge in [0.2, 0.25) is 10.0 Å². The zero-order valence-corrected chi connectivity index (χ0v) is 17.0. The quantitative estimate of drug-likeness (QED) is 0.637. The molecule has 0 saturated heterocycles.